The minimum Gasteiger partial charge on any atom is -0.495 e. The van der Waals surface area contributed by atoms with Crippen LogP contribution >= 0.6 is 22.9 Å². The fourth-order valence-corrected chi connectivity index (χ4v) is 3.53. The Hall–Kier alpha value is -3.10. The van der Waals surface area contributed by atoms with Crippen molar-refractivity contribution in [3.63, 3.8) is 0 Å². The van der Waals surface area contributed by atoms with E-state index in [9.17, 15) is 9.59 Å². The Morgan fingerprint density at radius 3 is 2.45 bits per heavy atom. The van der Waals surface area contributed by atoms with E-state index in [1.807, 2.05) is 19.1 Å². The summed E-state index contributed by atoms with van der Waals surface area (Å²) < 4.78 is 5.29. The Morgan fingerprint density at radius 2 is 1.76 bits per heavy atom. The summed E-state index contributed by atoms with van der Waals surface area (Å²) in [5.74, 6) is 0.238. The van der Waals surface area contributed by atoms with Crippen LogP contribution in [-0.4, -0.2) is 24.0 Å². The van der Waals surface area contributed by atoms with Crippen molar-refractivity contribution in [2.45, 2.75) is 13.8 Å². The van der Waals surface area contributed by atoms with E-state index in [1.165, 1.54) is 0 Å². The molecule has 0 aliphatic rings. The molecule has 0 aliphatic heterocycles. The molecule has 0 aliphatic carbocycles. The zero-order chi connectivity index (χ0) is 21.0. The molecular weight excluding hydrogens is 412 g/mol. The number of benzene rings is 2. The number of ether oxygens (including phenoxy) is 1. The highest BCUT2D eigenvalue weighted by atomic mass is 35.5. The molecule has 1 heterocycles. The van der Waals surface area contributed by atoms with Crippen LogP contribution in [0.1, 0.15) is 20.9 Å². The Morgan fingerprint density at radius 1 is 1.03 bits per heavy atom. The van der Waals surface area contributed by atoms with E-state index < -0.39 is 6.03 Å². The summed E-state index contributed by atoms with van der Waals surface area (Å²) in [7, 11) is 1.54. The van der Waals surface area contributed by atoms with Gasteiger partial charge in [0.25, 0.3) is 5.91 Å². The van der Waals surface area contributed by atoms with Crippen LogP contribution in [-0.2, 0) is 0 Å². The molecule has 0 spiro atoms. The molecule has 3 rings (SSSR count). The van der Waals surface area contributed by atoms with Gasteiger partial charge in [-0.1, -0.05) is 29.0 Å². The first-order valence-electron chi connectivity index (χ1n) is 8.62. The zero-order valence-corrected chi connectivity index (χ0v) is 17.6. The summed E-state index contributed by atoms with van der Waals surface area (Å²) in [6, 6.07) is 11.8. The molecule has 3 N–H and O–H groups in total. The van der Waals surface area contributed by atoms with Gasteiger partial charge in [-0.15, -0.1) is 0 Å². The Labute approximate surface area is 177 Å². The number of thiazole rings is 1. The van der Waals surface area contributed by atoms with Crippen LogP contribution < -0.4 is 20.7 Å². The average Bonchev–Trinajstić information content (AvgIpc) is 3.04. The molecule has 0 saturated carbocycles. The third-order valence-electron chi connectivity index (χ3n) is 3.93. The number of carbonyl (C=O) groups excluding carboxylic acids is 2. The number of aromatic nitrogens is 1. The number of urea groups is 1. The Bertz CT molecular complexity index is 1050. The van der Waals surface area contributed by atoms with Gasteiger partial charge in [0.05, 0.1) is 18.5 Å². The number of nitrogens with zero attached hydrogens (tertiary/aromatic N) is 1. The summed E-state index contributed by atoms with van der Waals surface area (Å²) >= 11 is 6.92. The van der Waals surface area contributed by atoms with Crippen molar-refractivity contribution >= 4 is 51.4 Å². The Balaban J connectivity index is 1.69. The van der Waals surface area contributed by atoms with Crippen LogP contribution in [0.2, 0.25) is 5.02 Å². The molecule has 29 heavy (non-hydrogen) atoms. The summed E-state index contributed by atoms with van der Waals surface area (Å²) in [6.07, 6.45) is 0. The predicted molar refractivity (Wildman–Crippen MR) is 117 cm³/mol. The zero-order valence-electron chi connectivity index (χ0n) is 16.0. The van der Waals surface area contributed by atoms with Gasteiger partial charge in [-0.2, -0.15) is 0 Å². The maximum absolute atomic E-state index is 12.7. The number of rotatable bonds is 5. The van der Waals surface area contributed by atoms with Crippen molar-refractivity contribution in [3.05, 3.63) is 63.6 Å². The summed E-state index contributed by atoms with van der Waals surface area (Å²) in [6.45, 7) is 3.63. The number of hydrogen-bond acceptors (Lipinski definition) is 5. The molecule has 0 unspecified atom stereocenters. The summed E-state index contributed by atoms with van der Waals surface area (Å²) in [4.78, 5) is 29.5. The van der Waals surface area contributed by atoms with Gasteiger partial charge in [0, 0.05) is 10.7 Å². The molecule has 0 atom stereocenters. The number of nitrogens with one attached hydrogen (secondary N) is 3. The second-order valence-electron chi connectivity index (χ2n) is 6.18. The summed E-state index contributed by atoms with van der Waals surface area (Å²) in [5.41, 5.74) is 2.66. The smallest absolute Gasteiger partial charge is 0.325 e. The number of hydrogen-bond donors (Lipinski definition) is 3. The van der Waals surface area contributed by atoms with E-state index in [0.29, 0.717) is 37.8 Å². The number of anilines is 3. The van der Waals surface area contributed by atoms with Gasteiger partial charge in [0.1, 0.15) is 10.6 Å². The van der Waals surface area contributed by atoms with Gasteiger partial charge >= 0.3 is 6.03 Å². The van der Waals surface area contributed by atoms with Gasteiger partial charge in [-0.05, 0) is 55.8 Å². The molecule has 0 bridgehead atoms. The molecule has 9 heteroatoms. The van der Waals surface area contributed by atoms with Crippen molar-refractivity contribution in [3.8, 4) is 5.75 Å². The number of aryl methyl sites for hydroxylation is 2. The molecule has 3 aromatic rings. The minimum atomic E-state index is -0.464. The monoisotopic (exact) mass is 430 g/mol. The number of halogens is 1. The minimum absolute atomic E-state index is 0.315. The van der Waals surface area contributed by atoms with Crippen LogP contribution in [0.4, 0.5) is 21.3 Å². The first-order valence-corrected chi connectivity index (χ1v) is 9.82. The highest BCUT2D eigenvalue weighted by molar-refractivity contribution is 7.17. The number of carbonyl (C=O) groups is 2. The van der Waals surface area contributed by atoms with E-state index >= 15 is 0 Å². The SMILES string of the molecule is COc1ccc(C)cc1NC(=O)c1sc(NC(=O)Nc2ccc(Cl)cc2)nc1C. The highest BCUT2D eigenvalue weighted by Gasteiger charge is 2.18. The summed E-state index contributed by atoms with van der Waals surface area (Å²) in [5, 5.41) is 9.04. The molecule has 7 nitrogen and oxygen atoms in total. The molecule has 2 aromatic carbocycles. The lowest BCUT2D eigenvalue weighted by Gasteiger charge is -2.10. The second kappa shape index (κ2) is 8.93. The van der Waals surface area contributed by atoms with Gasteiger partial charge in [0.2, 0.25) is 0 Å². The van der Waals surface area contributed by atoms with Gasteiger partial charge in [0.15, 0.2) is 5.13 Å². The fourth-order valence-electron chi connectivity index (χ4n) is 2.55. The molecule has 0 radical (unpaired) electrons. The molecule has 0 saturated heterocycles. The fraction of sp³-hybridized carbons (Fsp3) is 0.150. The molecule has 1 aromatic heterocycles. The highest BCUT2D eigenvalue weighted by Crippen LogP contribution is 2.28. The quantitative estimate of drug-likeness (QED) is 0.510. The second-order valence-corrected chi connectivity index (χ2v) is 7.61. The molecule has 150 valence electrons. The van der Waals surface area contributed by atoms with E-state index in [4.69, 9.17) is 16.3 Å². The maximum Gasteiger partial charge on any atom is 0.325 e. The third-order valence-corrected chi connectivity index (χ3v) is 5.25. The van der Waals surface area contributed by atoms with Gasteiger partial charge in [-0.25, -0.2) is 9.78 Å². The lowest BCUT2D eigenvalue weighted by Crippen LogP contribution is -2.19. The lowest BCUT2D eigenvalue weighted by atomic mass is 10.2. The Kier molecular flexibility index (Phi) is 6.36. The first kappa shape index (κ1) is 20.6. The van der Waals surface area contributed by atoms with E-state index in [-0.39, 0.29) is 5.91 Å². The maximum atomic E-state index is 12.7. The normalized spacial score (nSPS) is 10.3. The largest absolute Gasteiger partial charge is 0.495 e. The van der Waals surface area contributed by atoms with Crippen LogP contribution in [0.15, 0.2) is 42.5 Å². The average molecular weight is 431 g/mol. The topological polar surface area (TPSA) is 92.4 Å². The molecular formula is C20H19ClN4O3S. The van der Waals surface area contributed by atoms with Crippen molar-refractivity contribution in [2.75, 3.05) is 23.1 Å². The standard InChI is InChI=1S/C20H19ClN4O3S/c1-11-4-9-16(28-3)15(10-11)24-18(26)17-12(2)22-20(29-17)25-19(27)23-14-7-5-13(21)6-8-14/h4-10H,1-3H3,(H,24,26)(H2,22,23,25,27). The van der Waals surface area contributed by atoms with Crippen LogP contribution in [0.3, 0.4) is 0 Å². The predicted octanol–water partition coefficient (Wildman–Crippen LogP) is 5.32. The first-order chi connectivity index (χ1) is 13.9. The van der Waals surface area contributed by atoms with Gasteiger partial charge < -0.3 is 15.4 Å². The van der Waals surface area contributed by atoms with E-state index in [2.05, 4.69) is 20.9 Å². The lowest BCUT2D eigenvalue weighted by molar-refractivity contribution is 0.102. The van der Waals surface area contributed by atoms with Crippen molar-refractivity contribution in [1.82, 2.24) is 4.98 Å². The van der Waals surface area contributed by atoms with Crippen molar-refractivity contribution < 1.29 is 14.3 Å². The van der Waals surface area contributed by atoms with E-state index in [1.54, 1.807) is 44.4 Å². The van der Waals surface area contributed by atoms with Crippen LogP contribution in [0.5, 0.6) is 5.75 Å². The van der Waals surface area contributed by atoms with Crippen LogP contribution in [0.25, 0.3) is 0 Å². The molecule has 3 amide bonds. The number of amides is 3. The third kappa shape index (κ3) is 5.24. The van der Waals surface area contributed by atoms with Crippen molar-refractivity contribution in [2.24, 2.45) is 0 Å². The van der Waals surface area contributed by atoms with Gasteiger partial charge in [-0.3, -0.25) is 10.1 Å². The van der Waals surface area contributed by atoms with E-state index in [0.717, 1.165) is 16.9 Å². The molecule has 0 fully saturated rings. The number of methoxy groups -OCH3 is 1. The van der Waals surface area contributed by atoms with Crippen LogP contribution in [0, 0.1) is 13.8 Å². The van der Waals surface area contributed by atoms with Crippen molar-refractivity contribution in [1.29, 1.82) is 0 Å².